The van der Waals surface area contributed by atoms with Gasteiger partial charge in [0.2, 0.25) is 0 Å². The number of rotatable bonds is 6. The number of nitrogens with zero attached hydrogens (tertiary/aromatic N) is 4. The summed E-state index contributed by atoms with van der Waals surface area (Å²) < 4.78 is 30.7. The predicted molar refractivity (Wildman–Crippen MR) is 127 cm³/mol. The summed E-state index contributed by atoms with van der Waals surface area (Å²) in [5.41, 5.74) is 0.477. The van der Waals surface area contributed by atoms with Crippen LogP contribution in [-0.4, -0.2) is 62.0 Å². The van der Waals surface area contributed by atoms with Crippen molar-refractivity contribution in [2.24, 2.45) is 4.99 Å². The van der Waals surface area contributed by atoms with E-state index in [9.17, 15) is 13.2 Å². The predicted octanol–water partition coefficient (Wildman–Crippen LogP) is 2.96. The molecule has 0 atom stereocenters. The van der Waals surface area contributed by atoms with Crippen LogP contribution in [0.2, 0.25) is 0 Å². The summed E-state index contributed by atoms with van der Waals surface area (Å²) in [6.07, 6.45) is 2.12. The number of amidine groups is 1. The first-order chi connectivity index (χ1) is 16.0. The number of piperazine rings is 1. The summed E-state index contributed by atoms with van der Waals surface area (Å²) in [6, 6.07) is 16.7. The van der Waals surface area contributed by atoms with Gasteiger partial charge in [-0.25, -0.2) is 0 Å². The molecule has 2 heterocycles. The number of hydrogen-bond donors (Lipinski definition) is 0. The highest BCUT2D eigenvalue weighted by molar-refractivity contribution is 8.18. The van der Waals surface area contributed by atoms with Crippen LogP contribution < -0.4 is 4.18 Å². The number of amides is 1. The van der Waals surface area contributed by atoms with Crippen LogP contribution in [0, 0.1) is 11.3 Å². The second kappa shape index (κ2) is 10.2. The quantitative estimate of drug-likeness (QED) is 0.457. The smallest absolute Gasteiger partial charge is 0.339 e. The standard InChI is InChI=1S/C23H22N4O4S2/c24-11-6-12-26-13-15-27(16-14-26)23-25-22(28)21(32-23)17-18-7-4-5-10-20(18)31-33(29,30)19-8-2-1-3-9-19/h1-5,7-10,17H,6,12-16H2/b21-17+. The third kappa shape index (κ3) is 5.63. The number of benzene rings is 2. The molecule has 1 saturated heterocycles. The highest BCUT2D eigenvalue weighted by Crippen LogP contribution is 2.33. The molecule has 4 rings (SSSR count). The van der Waals surface area contributed by atoms with Gasteiger partial charge in [-0.15, -0.1) is 0 Å². The van der Waals surface area contributed by atoms with Gasteiger partial charge in [-0.1, -0.05) is 36.4 Å². The molecule has 0 aliphatic carbocycles. The zero-order chi connectivity index (χ0) is 23.3. The van der Waals surface area contributed by atoms with Gasteiger partial charge in [0.15, 0.2) is 5.17 Å². The number of hydrogen-bond acceptors (Lipinski definition) is 8. The first-order valence-electron chi connectivity index (χ1n) is 10.4. The summed E-state index contributed by atoms with van der Waals surface area (Å²) in [5, 5.41) is 9.39. The van der Waals surface area contributed by atoms with Gasteiger partial charge in [0.05, 0.1) is 11.0 Å². The molecule has 0 aromatic heterocycles. The monoisotopic (exact) mass is 482 g/mol. The number of carbonyl (C=O) groups excluding carboxylic acids is 1. The fraction of sp³-hybridized carbons (Fsp3) is 0.261. The highest BCUT2D eigenvalue weighted by atomic mass is 32.2. The normalized spacial score (nSPS) is 18.3. The second-order valence-electron chi connectivity index (χ2n) is 7.44. The fourth-order valence-electron chi connectivity index (χ4n) is 3.47. The van der Waals surface area contributed by atoms with Crippen molar-refractivity contribution in [3.8, 4) is 11.8 Å². The van der Waals surface area contributed by atoms with Gasteiger partial charge in [0, 0.05) is 44.7 Å². The molecule has 0 saturated carbocycles. The van der Waals surface area contributed by atoms with E-state index in [0.29, 0.717) is 22.1 Å². The summed E-state index contributed by atoms with van der Waals surface area (Å²) in [5.74, 6) is -0.218. The average molecular weight is 483 g/mol. The van der Waals surface area contributed by atoms with Gasteiger partial charge >= 0.3 is 10.1 Å². The molecular formula is C23H22N4O4S2. The molecule has 0 unspecified atom stereocenters. The fourth-order valence-corrected chi connectivity index (χ4v) is 5.41. The lowest BCUT2D eigenvalue weighted by Crippen LogP contribution is -2.47. The summed E-state index contributed by atoms with van der Waals surface area (Å²) in [4.78, 5) is 21.5. The van der Waals surface area contributed by atoms with Crippen LogP contribution in [0.5, 0.6) is 5.75 Å². The van der Waals surface area contributed by atoms with E-state index in [1.807, 2.05) is 0 Å². The van der Waals surface area contributed by atoms with Gasteiger partial charge < -0.3 is 9.08 Å². The van der Waals surface area contributed by atoms with Crippen molar-refractivity contribution < 1.29 is 17.4 Å². The maximum Gasteiger partial charge on any atom is 0.339 e. The molecule has 8 nitrogen and oxygen atoms in total. The maximum absolute atomic E-state index is 12.6. The van der Waals surface area contributed by atoms with E-state index in [1.54, 1.807) is 48.5 Å². The van der Waals surface area contributed by atoms with E-state index in [-0.39, 0.29) is 16.6 Å². The van der Waals surface area contributed by atoms with Crippen LogP contribution in [0.3, 0.4) is 0 Å². The Morgan fingerprint density at radius 2 is 1.76 bits per heavy atom. The molecule has 33 heavy (non-hydrogen) atoms. The molecule has 2 aromatic rings. The van der Waals surface area contributed by atoms with Crippen molar-refractivity contribution >= 4 is 39.0 Å². The minimum Gasteiger partial charge on any atom is -0.378 e. The number of carbonyl (C=O) groups is 1. The number of thioether (sulfide) groups is 1. The van der Waals surface area contributed by atoms with E-state index >= 15 is 0 Å². The Kier molecular flexibility index (Phi) is 7.13. The Hall–Kier alpha value is -3.13. The lowest BCUT2D eigenvalue weighted by Gasteiger charge is -2.34. The third-order valence-electron chi connectivity index (χ3n) is 5.23. The highest BCUT2D eigenvalue weighted by Gasteiger charge is 2.29. The lowest BCUT2D eigenvalue weighted by molar-refractivity contribution is -0.113. The van der Waals surface area contributed by atoms with E-state index in [2.05, 4.69) is 20.9 Å². The van der Waals surface area contributed by atoms with Crippen LogP contribution in [0.1, 0.15) is 12.0 Å². The molecule has 0 spiro atoms. The Balaban J connectivity index is 1.47. The maximum atomic E-state index is 12.6. The minimum absolute atomic E-state index is 0.0540. The molecule has 2 aliphatic rings. The Morgan fingerprint density at radius 3 is 2.48 bits per heavy atom. The van der Waals surface area contributed by atoms with E-state index in [0.717, 1.165) is 32.7 Å². The number of nitriles is 1. The first kappa shape index (κ1) is 23.0. The van der Waals surface area contributed by atoms with Crippen molar-refractivity contribution in [1.29, 1.82) is 5.26 Å². The zero-order valence-electron chi connectivity index (χ0n) is 17.8. The molecule has 0 bridgehead atoms. The molecular weight excluding hydrogens is 460 g/mol. The molecule has 2 aromatic carbocycles. The zero-order valence-corrected chi connectivity index (χ0v) is 19.4. The molecule has 170 valence electrons. The molecule has 2 aliphatic heterocycles. The van der Waals surface area contributed by atoms with Gasteiger partial charge in [0.1, 0.15) is 10.6 Å². The minimum atomic E-state index is -4.01. The van der Waals surface area contributed by atoms with Crippen LogP contribution in [0.4, 0.5) is 0 Å². The molecule has 1 fully saturated rings. The Morgan fingerprint density at radius 1 is 1.06 bits per heavy atom. The van der Waals surface area contributed by atoms with Crippen molar-refractivity contribution in [1.82, 2.24) is 9.80 Å². The summed E-state index contributed by atoms with van der Waals surface area (Å²) in [6.45, 7) is 3.82. The van der Waals surface area contributed by atoms with Crippen LogP contribution in [0.25, 0.3) is 6.08 Å². The first-order valence-corrected chi connectivity index (χ1v) is 12.6. The SMILES string of the molecule is N#CCCN1CCN(C2=NC(=O)/C(=C\c3ccccc3OS(=O)(=O)c3ccccc3)S2)CC1. The van der Waals surface area contributed by atoms with Crippen molar-refractivity contribution in [2.75, 3.05) is 32.7 Å². The van der Waals surface area contributed by atoms with Crippen molar-refractivity contribution in [3.05, 3.63) is 65.1 Å². The number of aliphatic imine (C=N–C) groups is 1. The van der Waals surface area contributed by atoms with Crippen LogP contribution in [0.15, 0.2) is 69.4 Å². The van der Waals surface area contributed by atoms with E-state index in [4.69, 9.17) is 9.44 Å². The van der Waals surface area contributed by atoms with E-state index < -0.39 is 10.1 Å². The molecule has 0 radical (unpaired) electrons. The number of para-hydroxylation sites is 1. The van der Waals surface area contributed by atoms with Gasteiger partial charge in [0.25, 0.3) is 5.91 Å². The molecule has 10 heteroatoms. The van der Waals surface area contributed by atoms with Crippen molar-refractivity contribution in [3.63, 3.8) is 0 Å². The van der Waals surface area contributed by atoms with E-state index in [1.165, 1.54) is 23.9 Å². The van der Waals surface area contributed by atoms with Crippen molar-refractivity contribution in [2.45, 2.75) is 11.3 Å². The summed E-state index contributed by atoms with van der Waals surface area (Å²) in [7, 11) is -4.01. The summed E-state index contributed by atoms with van der Waals surface area (Å²) >= 11 is 1.27. The van der Waals surface area contributed by atoms with Crippen LogP contribution >= 0.6 is 11.8 Å². The largest absolute Gasteiger partial charge is 0.378 e. The lowest BCUT2D eigenvalue weighted by atomic mass is 10.2. The molecule has 0 N–H and O–H groups in total. The second-order valence-corrected chi connectivity index (χ2v) is 9.99. The topological polar surface area (TPSA) is 103 Å². The van der Waals surface area contributed by atoms with Crippen LogP contribution in [-0.2, 0) is 14.9 Å². The Bertz CT molecular complexity index is 1230. The Labute approximate surface area is 197 Å². The van der Waals surface area contributed by atoms with Gasteiger partial charge in [-0.05, 0) is 36.0 Å². The van der Waals surface area contributed by atoms with Gasteiger partial charge in [-0.3, -0.25) is 9.69 Å². The molecule has 1 amide bonds. The average Bonchev–Trinajstić information content (AvgIpc) is 3.20. The van der Waals surface area contributed by atoms with Gasteiger partial charge in [-0.2, -0.15) is 18.7 Å². The third-order valence-corrected chi connectivity index (χ3v) is 7.52.